The lowest BCUT2D eigenvalue weighted by atomic mass is 10.9. The second-order valence-electron chi connectivity index (χ2n) is 1.10. The lowest BCUT2D eigenvalue weighted by molar-refractivity contribution is 0.240. The van der Waals surface area contributed by atoms with Crippen LogP contribution < -0.4 is 0 Å². The van der Waals surface area contributed by atoms with Gasteiger partial charge in [0.15, 0.2) is 0 Å². The van der Waals surface area contributed by atoms with E-state index in [9.17, 15) is 4.39 Å². The molecule has 0 aliphatic heterocycles. The summed E-state index contributed by atoms with van der Waals surface area (Å²) in [6.07, 6.45) is 0. The zero-order valence-electron chi connectivity index (χ0n) is 6.32. The molecule has 0 heterocycles. The molecule has 0 N–H and O–H groups in total. The van der Waals surface area contributed by atoms with Crippen LogP contribution in [-0.2, 0) is 8.85 Å². The molecule has 0 rings (SSSR count). The second kappa shape index (κ2) is 15.7. The third kappa shape index (κ3) is 18.0. The molecular weight excluding hydrogens is 139 g/mol. The van der Waals surface area contributed by atoms with E-state index in [-0.39, 0.29) is 0 Å². The van der Waals surface area contributed by atoms with E-state index in [0.29, 0.717) is 7.18 Å². The first-order chi connectivity index (χ1) is 4.41. The molecule has 0 aromatic carbocycles. The Kier molecular flexibility index (Phi) is 20.6. The van der Waals surface area contributed by atoms with Gasteiger partial charge in [0.2, 0.25) is 0 Å². The molecule has 9 heavy (non-hydrogen) atoms. The summed E-state index contributed by atoms with van der Waals surface area (Å²) < 4.78 is 19.5. The molecule has 0 atom stereocenters. The van der Waals surface area contributed by atoms with Crippen molar-refractivity contribution in [1.82, 2.24) is 0 Å². The lowest BCUT2D eigenvalue weighted by Crippen LogP contribution is -2.02. The van der Waals surface area contributed by atoms with Gasteiger partial charge in [-0.05, 0) is 13.8 Å². The maximum absolute atomic E-state index is 9.50. The van der Waals surface area contributed by atoms with Crippen molar-refractivity contribution < 1.29 is 13.2 Å². The lowest BCUT2D eigenvalue weighted by Gasteiger charge is -1.96. The van der Waals surface area contributed by atoms with Crippen molar-refractivity contribution >= 4 is 10.0 Å². The molecular formula is C5H15FO2Si. The van der Waals surface area contributed by atoms with Gasteiger partial charge in [0.1, 0.15) is 0 Å². The fourth-order valence-corrected chi connectivity index (χ4v) is 0.677. The maximum Gasteiger partial charge on any atom is 0.304 e. The Morgan fingerprint density at radius 2 is 1.44 bits per heavy atom. The molecule has 0 aromatic heterocycles. The summed E-state index contributed by atoms with van der Waals surface area (Å²) in [4.78, 5) is 0. The molecule has 4 heteroatoms. The molecule has 0 aliphatic rings. The zero-order valence-corrected chi connectivity index (χ0v) is 7.73. The van der Waals surface area contributed by atoms with E-state index >= 15 is 0 Å². The van der Waals surface area contributed by atoms with Crippen LogP contribution in [0.25, 0.3) is 0 Å². The number of rotatable bonds is 4. The number of alkyl halides is 1. The minimum absolute atomic E-state index is 0.500. The van der Waals surface area contributed by atoms with E-state index < -0.39 is 10.0 Å². The van der Waals surface area contributed by atoms with E-state index in [1.807, 2.05) is 13.8 Å². The first-order valence-electron chi connectivity index (χ1n) is 2.95. The quantitative estimate of drug-likeness (QED) is 0.437. The first kappa shape index (κ1) is 11.8. The van der Waals surface area contributed by atoms with E-state index in [1.54, 1.807) is 0 Å². The van der Waals surface area contributed by atoms with Crippen molar-refractivity contribution in [2.75, 3.05) is 20.4 Å². The fraction of sp³-hybridized carbons (Fsp3) is 1.00. The van der Waals surface area contributed by atoms with Gasteiger partial charge in [-0.3, -0.25) is 4.39 Å². The van der Waals surface area contributed by atoms with Crippen molar-refractivity contribution in [2.45, 2.75) is 13.8 Å². The van der Waals surface area contributed by atoms with Gasteiger partial charge in [0.05, 0.1) is 7.18 Å². The number of hydrogen-bond donors (Lipinski definition) is 0. The minimum atomic E-state index is -0.589. The van der Waals surface area contributed by atoms with Gasteiger partial charge in [0, 0.05) is 13.2 Å². The molecule has 0 spiro atoms. The summed E-state index contributed by atoms with van der Waals surface area (Å²) in [5.74, 6) is 0. The van der Waals surface area contributed by atoms with Crippen molar-refractivity contribution in [3.8, 4) is 0 Å². The number of hydrogen-bond acceptors (Lipinski definition) is 2. The monoisotopic (exact) mass is 154 g/mol. The van der Waals surface area contributed by atoms with E-state index in [4.69, 9.17) is 8.85 Å². The standard InChI is InChI=1S/C4H12O2Si.CH3F/c1-3-5-7-6-4-2;1-2/h3-4,7H2,1-2H3;1H3. The summed E-state index contributed by atoms with van der Waals surface area (Å²) in [5.41, 5.74) is 0. The first-order valence-corrected chi connectivity index (χ1v) is 4.10. The van der Waals surface area contributed by atoms with Crippen LogP contribution in [0, 0.1) is 0 Å². The predicted octanol–water partition coefficient (Wildman–Crippen LogP) is 0.644. The van der Waals surface area contributed by atoms with Crippen LogP contribution >= 0.6 is 0 Å². The van der Waals surface area contributed by atoms with Crippen molar-refractivity contribution in [2.24, 2.45) is 0 Å². The highest BCUT2D eigenvalue weighted by Gasteiger charge is 1.79. The van der Waals surface area contributed by atoms with Gasteiger partial charge in [-0.1, -0.05) is 0 Å². The van der Waals surface area contributed by atoms with E-state index in [2.05, 4.69) is 0 Å². The summed E-state index contributed by atoms with van der Waals surface area (Å²) in [5, 5.41) is 0. The molecule has 0 bridgehead atoms. The fourth-order valence-electron chi connectivity index (χ4n) is 0.226. The summed E-state index contributed by atoms with van der Waals surface area (Å²) in [6, 6.07) is 0. The Morgan fingerprint density at radius 3 is 1.67 bits per heavy atom. The third-order valence-electron chi connectivity index (χ3n) is 0.575. The molecule has 0 aromatic rings. The topological polar surface area (TPSA) is 18.5 Å². The second-order valence-corrected chi connectivity index (χ2v) is 2.16. The average molecular weight is 154 g/mol. The highest BCUT2D eigenvalue weighted by molar-refractivity contribution is 6.17. The SMILES string of the molecule is CCO[SiH2]OCC.CF. The van der Waals surface area contributed by atoms with Crippen LogP contribution in [0.5, 0.6) is 0 Å². The van der Waals surface area contributed by atoms with Crippen molar-refractivity contribution in [1.29, 1.82) is 0 Å². The Balaban J connectivity index is 0. The Morgan fingerprint density at radius 1 is 1.11 bits per heavy atom. The van der Waals surface area contributed by atoms with Gasteiger partial charge in [0.25, 0.3) is 0 Å². The average Bonchev–Trinajstić information content (AvgIpc) is 1.94. The van der Waals surface area contributed by atoms with Gasteiger partial charge < -0.3 is 8.85 Å². The molecule has 0 amide bonds. The van der Waals surface area contributed by atoms with Crippen LogP contribution in [-0.4, -0.2) is 30.4 Å². The van der Waals surface area contributed by atoms with Crippen LogP contribution in [0.2, 0.25) is 0 Å². The Labute approximate surface area is 58.4 Å². The molecule has 0 aliphatic carbocycles. The normalized spacial score (nSPS) is 8.00. The molecule has 0 saturated carbocycles. The summed E-state index contributed by atoms with van der Waals surface area (Å²) in [7, 11) is -0.0887. The van der Waals surface area contributed by atoms with Crippen LogP contribution in [0.15, 0.2) is 0 Å². The molecule has 0 unspecified atom stereocenters. The summed E-state index contributed by atoms with van der Waals surface area (Å²) in [6.45, 7) is 5.55. The van der Waals surface area contributed by atoms with Gasteiger partial charge in [-0.25, -0.2) is 0 Å². The zero-order chi connectivity index (χ0) is 7.54. The highest BCUT2D eigenvalue weighted by Crippen LogP contribution is 1.70. The molecule has 2 nitrogen and oxygen atoms in total. The third-order valence-corrected chi connectivity index (χ3v) is 1.72. The molecule has 0 saturated heterocycles. The van der Waals surface area contributed by atoms with Crippen LogP contribution in [0.3, 0.4) is 0 Å². The smallest absolute Gasteiger partial charge is 0.304 e. The van der Waals surface area contributed by atoms with Crippen molar-refractivity contribution in [3.05, 3.63) is 0 Å². The van der Waals surface area contributed by atoms with Crippen LogP contribution in [0.4, 0.5) is 4.39 Å². The van der Waals surface area contributed by atoms with Crippen molar-refractivity contribution in [3.63, 3.8) is 0 Å². The van der Waals surface area contributed by atoms with Gasteiger partial charge in [-0.15, -0.1) is 0 Å². The maximum atomic E-state index is 9.50. The van der Waals surface area contributed by atoms with Gasteiger partial charge in [-0.2, -0.15) is 0 Å². The molecule has 0 fully saturated rings. The molecule has 0 radical (unpaired) electrons. The molecule has 58 valence electrons. The van der Waals surface area contributed by atoms with Crippen LogP contribution in [0.1, 0.15) is 13.8 Å². The predicted molar refractivity (Wildman–Crippen MR) is 38.8 cm³/mol. The summed E-state index contributed by atoms with van der Waals surface area (Å²) >= 11 is 0. The van der Waals surface area contributed by atoms with E-state index in [1.165, 1.54) is 0 Å². The Hall–Kier alpha value is 0.0669. The highest BCUT2D eigenvalue weighted by atomic mass is 28.3. The Bertz CT molecular complexity index is 34.1. The number of halogens is 1. The van der Waals surface area contributed by atoms with Gasteiger partial charge >= 0.3 is 10.0 Å². The minimum Gasteiger partial charge on any atom is -0.399 e. The van der Waals surface area contributed by atoms with E-state index in [0.717, 1.165) is 13.2 Å². The largest absolute Gasteiger partial charge is 0.399 e.